The van der Waals surface area contributed by atoms with Crippen molar-refractivity contribution in [3.05, 3.63) is 0 Å². The highest BCUT2D eigenvalue weighted by molar-refractivity contribution is 5.85. The average molecular weight is 243 g/mol. The number of hydrogen-bond donors (Lipinski definition) is 2. The second-order valence-corrected chi connectivity index (χ2v) is 3.94. The van der Waals surface area contributed by atoms with Gasteiger partial charge < -0.3 is 10.6 Å². The number of alkyl halides is 2. The van der Waals surface area contributed by atoms with E-state index in [0.717, 1.165) is 0 Å². The molecule has 0 saturated carbocycles. The van der Waals surface area contributed by atoms with Crippen LogP contribution >= 0.6 is 12.4 Å². The first-order valence-electron chi connectivity index (χ1n) is 4.82. The molecule has 1 aliphatic heterocycles. The van der Waals surface area contributed by atoms with Crippen LogP contribution in [0.1, 0.15) is 20.3 Å². The van der Waals surface area contributed by atoms with Crippen molar-refractivity contribution in [2.75, 3.05) is 13.1 Å². The van der Waals surface area contributed by atoms with E-state index in [4.69, 9.17) is 0 Å². The number of piperidine rings is 1. The van der Waals surface area contributed by atoms with Crippen LogP contribution in [-0.2, 0) is 4.79 Å². The summed E-state index contributed by atoms with van der Waals surface area (Å²) < 4.78 is 26.5. The third-order valence-electron chi connectivity index (χ3n) is 2.23. The monoisotopic (exact) mass is 242 g/mol. The van der Waals surface area contributed by atoms with Gasteiger partial charge >= 0.3 is 0 Å². The number of hydrogen-bond acceptors (Lipinski definition) is 2. The Morgan fingerprint density at radius 3 is 2.60 bits per heavy atom. The van der Waals surface area contributed by atoms with Crippen molar-refractivity contribution in [3.63, 3.8) is 0 Å². The van der Waals surface area contributed by atoms with E-state index in [2.05, 4.69) is 10.6 Å². The molecule has 2 N–H and O–H groups in total. The van der Waals surface area contributed by atoms with Crippen molar-refractivity contribution in [2.24, 2.45) is 5.92 Å². The van der Waals surface area contributed by atoms with Gasteiger partial charge in [-0.15, -0.1) is 12.4 Å². The summed E-state index contributed by atoms with van der Waals surface area (Å²) in [6.45, 7) is 3.60. The van der Waals surface area contributed by atoms with E-state index < -0.39 is 24.3 Å². The predicted octanol–water partition coefficient (Wildman–Crippen LogP) is 1.18. The van der Waals surface area contributed by atoms with Crippen LogP contribution < -0.4 is 10.6 Å². The highest BCUT2D eigenvalue weighted by atomic mass is 35.5. The Labute approximate surface area is 94.4 Å². The summed E-state index contributed by atoms with van der Waals surface area (Å²) in [6, 6.07) is -0.0896. The van der Waals surface area contributed by atoms with Crippen molar-refractivity contribution in [2.45, 2.75) is 32.2 Å². The number of amides is 1. The molecule has 1 heterocycles. The topological polar surface area (TPSA) is 41.1 Å². The fraction of sp³-hybridized carbons (Fsp3) is 0.889. The van der Waals surface area contributed by atoms with Gasteiger partial charge in [-0.2, -0.15) is 0 Å². The second-order valence-electron chi connectivity index (χ2n) is 3.94. The molecule has 1 amide bonds. The number of carbonyl (C=O) groups is 1. The molecule has 0 aromatic heterocycles. The van der Waals surface area contributed by atoms with Crippen LogP contribution in [0.25, 0.3) is 0 Å². The van der Waals surface area contributed by atoms with E-state index in [1.807, 2.05) is 0 Å². The summed E-state index contributed by atoms with van der Waals surface area (Å²) >= 11 is 0. The molecule has 0 aromatic rings. The van der Waals surface area contributed by atoms with Gasteiger partial charge in [-0.25, -0.2) is 8.78 Å². The molecule has 0 bridgehead atoms. The standard InChI is InChI=1S/C9H16F2N2O.ClH/c1-6(2)13-8(14)7-3-4-12-5-9(7,10)11;/h6-7,12H,3-5H2,1-2H3,(H,13,14);1H. The lowest BCUT2D eigenvalue weighted by Gasteiger charge is -2.31. The van der Waals surface area contributed by atoms with Crippen molar-refractivity contribution >= 4 is 18.3 Å². The number of halogens is 3. The van der Waals surface area contributed by atoms with E-state index in [1.165, 1.54) is 0 Å². The van der Waals surface area contributed by atoms with Gasteiger partial charge in [0.1, 0.15) is 5.92 Å². The van der Waals surface area contributed by atoms with Gasteiger partial charge in [-0.05, 0) is 26.8 Å². The summed E-state index contributed by atoms with van der Waals surface area (Å²) in [7, 11) is 0. The Bertz CT molecular complexity index is 224. The summed E-state index contributed by atoms with van der Waals surface area (Å²) in [5.74, 6) is -4.63. The Hall–Kier alpha value is -0.420. The number of rotatable bonds is 2. The maximum Gasteiger partial charge on any atom is 0.271 e. The van der Waals surface area contributed by atoms with Gasteiger partial charge in [0.2, 0.25) is 5.91 Å². The largest absolute Gasteiger partial charge is 0.353 e. The van der Waals surface area contributed by atoms with Crippen molar-refractivity contribution in [1.82, 2.24) is 10.6 Å². The molecule has 6 heteroatoms. The van der Waals surface area contributed by atoms with Crippen LogP contribution in [-0.4, -0.2) is 31.0 Å². The first-order valence-corrected chi connectivity index (χ1v) is 4.82. The molecule has 1 saturated heterocycles. The summed E-state index contributed by atoms with van der Waals surface area (Å²) in [5, 5.41) is 5.10. The zero-order chi connectivity index (χ0) is 10.8. The lowest BCUT2D eigenvalue weighted by Crippen LogP contribution is -2.53. The van der Waals surface area contributed by atoms with Crippen LogP contribution in [0.2, 0.25) is 0 Å². The molecular weight excluding hydrogens is 226 g/mol. The lowest BCUT2D eigenvalue weighted by atomic mass is 9.93. The van der Waals surface area contributed by atoms with Crippen molar-refractivity contribution in [3.8, 4) is 0 Å². The smallest absolute Gasteiger partial charge is 0.271 e. The molecular formula is C9H17ClF2N2O. The molecule has 0 aromatic carbocycles. The Kier molecular flexibility index (Phi) is 5.45. The van der Waals surface area contributed by atoms with Crippen molar-refractivity contribution in [1.29, 1.82) is 0 Å². The lowest BCUT2D eigenvalue weighted by molar-refractivity contribution is -0.143. The molecule has 0 aliphatic carbocycles. The molecule has 1 rings (SSSR count). The second kappa shape index (κ2) is 5.61. The van der Waals surface area contributed by atoms with Gasteiger partial charge in [0.15, 0.2) is 0 Å². The van der Waals surface area contributed by atoms with E-state index in [-0.39, 0.29) is 24.9 Å². The molecule has 1 aliphatic rings. The third kappa shape index (κ3) is 3.91. The predicted molar refractivity (Wildman–Crippen MR) is 56.5 cm³/mol. The Morgan fingerprint density at radius 1 is 1.53 bits per heavy atom. The van der Waals surface area contributed by atoms with Gasteiger partial charge in [-0.3, -0.25) is 4.79 Å². The SMILES string of the molecule is CC(C)NC(=O)C1CCNCC1(F)F.Cl. The minimum absolute atomic E-state index is 0. The molecule has 0 radical (unpaired) electrons. The van der Waals surface area contributed by atoms with E-state index >= 15 is 0 Å². The average Bonchev–Trinajstić information content (AvgIpc) is 2.01. The first-order chi connectivity index (χ1) is 6.43. The van der Waals surface area contributed by atoms with Crippen LogP contribution in [0.3, 0.4) is 0 Å². The van der Waals surface area contributed by atoms with Crippen LogP contribution in [0.5, 0.6) is 0 Å². The van der Waals surface area contributed by atoms with E-state index in [1.54, 1.807) is 13.8 Å². The van der Waals surface area contributed by atoms with E-state index in [9.17, 15) is 13.6 Å². The van der Waals surface area contributed by atoms with Gasteiger partial charge in [0, 0.05) is 6.04 Å². The molecule has 3 nitrogen and oxygen atoms in total. The third-order valence-corrected chi connectivity index (χ3v) is 2.23. The normalized spacial score (nSPS) is 24.5. The fourth-order valence-electron chi connectivity index (χ4n) is 1.54. The molecule has 90 valence electrons. The van der Waals surface area contributed by atoms with Crippen molar-refractivity contribution < 1.29 is 13.6 Å². The first kappa shape index (κ1) is 14.6. The van der Waals surface area contributed by atoms with Gasteiger partial charge in [0.05, 0.1) is 6.54 Å². The number of carbonyl (C=O) groups excluding carboxylic acids is 1. The zero-order valence-corrected chi connectivity index (χ0v) is 9.66. The maximum atomic E-state index is 13.2. The summed E-state index contributed by atoms with van der Waals surface area (Å²) in [6.07, 6.45) is 0.200. The number of nitrogens with one attached hydrogen (secondary N) is 2. The minimum atomic E-state index is -2.92. The quantitative estimate of drug-likeness (QED) is 0.764. The van der Waals surface area contributed by atoms with Crippen LogP contribution in [0, 0.1) is 5.92 Å². The van der Waals surface area contributed by atoms with Gasteiger partial charge in [-0.1, -0.05) is 0 Å². The Morgan fingerprint density at radius 2 is 2.13 bits per heavy atom. The summed E-state index contributed by atoms with van der Waals surface area (Å²) in [5.41, 5.74) is 0. The van der Waals surface area contributed by atoms with Crippen LogP contribution in [0.15, 0.2) is 0 Å². The molecule has 15 heavy (non-hydrogen) atoms. The fourth-order valence-corrected chi connectivity index (χ4v) is 1.54. The molecule has 1 unspecified atom stereocenters. The Balaban J connectivity index is 0.00000196. The molecule has 0 spiro atoms. The maximum absolute atomic E-state index is 13.2. The highest BCUT2D eigenvalue weighted by Crippen LogP contribution is 2.29. The highest BCUT2D eigenvalue weighted by Gasteiger charge is 2.45. The van der Waals surface area contributed by atoms with E-state index in [0.29, 0.717) is 6.54 Å². The van der Waals surface area contributed by atoms with Gasteiger partial charge in [0.25, 0.3) is 5.92 Å². The molecule has 1 atom stereocenters. The zero-order valence-electron chi connectivity index (χ0n) is 8.85. The summed E-state index contributed by atoms with van der Waals surface area (Å²) in [4.78, 5) is 11.4. The minimum Gasteiger partial charge on any atom is -0.353 e. The molecule has 1 fully saturated rings. The van der Waals surface area contributed by atoms with Crippen LogP contribution in [0.4, 0.5) is 8.78 Å².